The molecular weight excluding hydrogens is 483 g/mol. The van der Waals surface area contributed by atoms with Crippen molar-refractivity contribution in [3.8, 4) is 11.8 Å². The first kappa shape index (κ1) is 24.2. The summed E-state index contributed by atoms with van der Waals surface area (Å²) in [7, 11) is -1.74. The normalized spacial score (nSPS) is 18.9. The van der Waals surface area contributed by atoms with Crippen LogP contribution < -0.4 is 19.8 Å². The lowest BCUT2D eigenvalue weighted by molar-refractivity contribution is -0.140. The molecule has 0 spiro atoms. The molecule has 1 aliphatic heterocycles. The predicted molar refractivity (Wildman–Crippen MR) is 103 cm³/mol. The van der Waals surface area contributed by atoms with Gasteiger partial charge in [-0.05, 0) is 12.5 Å². The Hall–Kier alpha value is -2.45. The maximum Gasteiger partial charge on any atom is 0.414 e. The van der Waals surface area contributed by atoms with Gasteiger partial charge in [-0.1, -0.05) is 16.7 Å². The Kier molecular flexibility index (Phi) is 7.90. The molecule has 1 fully saturated rings. The largest absolute Gasteiger partial charge is 0.484 e. The maximum absolute atomic E-state index is 13.4. The van der Waals surface area contributed by atoms with Gasteiger partial charge in [0.05, 0.1) is 12.5 Å². The van der Waals surface area contributed by atoms with Crippen LogP contribution in [-0.4, -0.2) is 50.6 Å². The molecule has 0 saturated carbocycles. The van der Waals surface area contributed by atoms with E-state index in [1.54, 1.807) is 0 Å². The van der Waals surface area contributed by atoms with Crippen molar-refractivity contribution in [2.75, 3.05) is 19.4 Å². The zero-order chi connectivity index (χ0) is 23.3. The monoisotopic (exact) mass is 500 g/mol. The molecule has 1 saturated heterocycles. The summed E-state index contributed by atoms with van der Waals surface area (Å²) in [6.07, 6.45) is -4.79. The van der Waals surface area contributed by atoms with Crippen molar-refractivity contribution in [1.29, 1.82) is 0 Å². The second-order valence-corrected chi connectivity index (χ2v) is 9.96. The molecule has 1 amide bonds. The minimum absolute atomic E-state index is 0.160. The maximum atomic E-state index is 13.4. The van der Waals surface area contributed by atoms with Crippen LogP contribution >= 0.6 is 11.6 Å². The van der Waals surface area contributed by atoms with Crippen LogP contribution in [-0.2, 0) is 4.79 Å². The lowest BCUT2D eigenvalue weighted by atomic mass is 10.2. The highest BCUT2D eigenvalue weighted by Gasteiger charge is 2.29. The zero-order valence-electron chi connectivity index (χ0n) is 16.3. The minimum Gasteiger partial charge on any atom is -0.484 e. The number of carbonyl (C=O) groups excluding carboxylic acids is 1. The van der Waals surface area contributed by atoms with Crippen molar-refractivity contribution in [2.24, 2.45) is 0 Å². The van der Waals surface area contributed by atoms with Crippen LogP contribution in [0.4, 0.5) is 22.0 Å². The third-order valence-corrected chi connectivity index (χ3v) is 7.29. The number of carbonyl (C=O) groups is 1. The van der Waals surface area contributed by atoms with Gasteiger partial charge in [-0.15, -0.1) is 5.10 Å². The fraction of sp³-hybridized carbons (Fsp3) is 0.471. The summed E-state index contributed by atoms with van der Waals surface area (Å²) in [5, 5.41) is 9.83. The molecule has 2 N–H and O–H groups in total. The van der Waals surface area contributed by atoms with Gasteiger partial charge < -0.3 is 24.2 Å². The first-order valence-corrected chi connectivity index (χ1v) is 12.0. The Bertz CT molecular complexity index is 917. The van der Waals surface area contributed by atoms with Crippen LogP contribution in [0.2, 0.25) is 11.1 Å². The predicted octanol–water partition coefficient (Wildman–Crippen LogP) is 2.83. The first-order chi connectivity index (χ1) is 15.1. The number of nitrogens with zero attached hydrogens (tertiary/aromatic N) is 2. The van der Waals surface area contributed by atoms with Gasteiger partial charge in [-0.2, -0.15) is 13.2 Å². The minimum atomic E-state index is -4.34. The van der Waals surface area contributed by atoms with Crippen LogP contribution in [0, 0.1) is 11.6 Å². The number of hydrogen-bond acceptors (Lipinski definition) is 7. The van der Waals surface area contributed by atoms with Crippen LogP contribution in [0.25, 0.3) is 0 Å². The van der Waals surface area contributed by atoms with Gasteiger partial charge in [0.25, 0.3) is 0 Å². The van der Waals surface area contributed by atoms with Crippen molar-refractivity contribution in [2.45, 2.75) is 31.1 Å². The average molecular weight is 501 g/mol. The molecule has 1 aromatic heterocycles. The van der Waals surface area contributed by atoms with E-state index in [1.165, 1.54) is 0 Å². The average Bonchev–Trinajstić information content (AvgIpc) is 3.19. The summed E-state index contributed by atoms with van der Waals surface area (Å²) in [5.74, 6) is -2.40. The van der Waals surface area contributed by atoms with Gasteiger partial charge in [-0.3, -0.25) is 4.79 Å². The third kappa shape index (κ3) is 7.03. The Morgan fingerprint density at radius 2 is 2.00 bits per heavy atom. The van der Waals surface area contributed by atoms with Crippen LogP contribution in [0.15, 0.2) is 16.5 Å². The van der Waals surface area contributed by atoms with Crippen molar-refractivity contribution in [1.82, 2.24) is 20.5 Å². The van der Waals surface area contributed by atoms with Crippen molar-refractivity contribution < 1.29 is 40.6 Å². The van der Waals surface area contributed by atoms with E-state index >= 15 is 0 Å². The number of aromatic nitrogens is 2. The van der Waals surface area contributed by atoms with Crippen molar-refractivity contribution in [3.05, 3.63) is 34.7 Å². The number of hydrogen-bond donors (Lipinski definition) is 2. The number of benzene rings is 1. The van der Waals surface area contributed by atoms with Gasteiger partial charge in [0.2, 0.25) is 11.8 Å². The number of nitrogens with one attached hydrogen (secondary N) is 2. The number of alkyl halides is 3. The molecule has 0 bridgehead atoms. The second-order valence-electron chi connectivity index (χ2n) is 6.91. The molecule has 3 rings (SSSR count). The fourth-order valence-electron chi connectivity index (χ4n) is 2.90. The lowest BCUT2D eigenvalue weighted by Gasteiger charge is -2.27. The Morgan fingerprint density at radius 1 is 1.28 bits per heavy atom. The van der Waals surface area contributed by atoms with Gasteiger partial charge in [0, 0.05) is 18.3 Å². The molecule has 1 aromatic carbocycles. The molecule has 176 valence electrons. The molecule has 0 aliphatic carbocycles. The summed E-state index contributed by atoms with van der Waals surface area (Å²) < 4.78 is 78.4. The van der Waals surface area contributed by atoms with E-state index in [0.717, 1.165) is 12.1 Å². The fourth-order valence-corrected chi connectivity index (χ4v) is 5.30. The number of rotatable bonds is 8. The number of amides is 1. The highest BCUT2D eigenvalue weighted by molar-refractivity contribution is 6.59. The summed E-state index contributed by atoms with van der Waals surface area (Å²) in [6, 6.07) is 2.11. The van der Waals surface area contributed by atoms with E-state index in [9.17, 15) is 26.7 Å². The molecule has 0 radical (unpaired) electrons. The van der Waals surface area contributed by atoms with Crippen molar-refractivity contribution >= 4 is 26.5 Å². The molecule has 8 nitrogen and oxygen atoms in total. The van der Waals surface area contributed by atoms with E-state index in [4.69, 9.17) is 25.5 Å². The summed E-state index contributed by atoms with van der Waals surface area (Å²) in [5.41, 5.74) is 0. The molecule has 15 heteroatoms. The Morgan fingerprint density at radius 3 is 2.62 bits per heavy atom. The zero-order valence-corrected chi connectivity index (χ0v) is 18.3. The number of ether oxygens (including phenoxy) is 2. The van der Waals surface area contributed by atoms with Gasteiger partial charge in [0.1, 0.15) is 29.0 Å². The van der Waals surface area contributed by atoms with E-state index < -0.39 is 57.3 Å². The van der Waals surface area contributed by atoms with E-state index in [-0.39, 0.29) is 23.8 Å². The molecule has 2 heterocycles. The second kappa shape index (κ2) is 10.4. The first-order valence-electron chi connectivity index (χ1n) is 9.44. The smallest absolute Gasteiger partial charge is 0.414 e. The third-order valence-electron chi connectivity index (χ3n) is 4.44. The van der Waals surface area contributed by atoms with Crippen LogP contribution in [0.5, 0.6) is 11.8 Å². The quantitative estimate of drug-likeness (QED) is 0.327. The Labute approximate surface area is 185 Å². The molecule has 1 aliphatic rings. The van der Waals surface area contributed by atoms with Crippen molar-refractivity contribution in [3.63, 3.8) is 0 Å². The van der Waals surface area contributed by atoms with E-state index in [0.29, 0.717) is 18.6 Å². The van der Waals surface area contributed by atoms with Gasteiger partial charge in [-0.25, -0.2) is 8.78 Å². The summed E-state index contributed by atoms with van der Waals surface area (Å²) in [6.45, 7) is -1.04. The highest BCUT2D eigenvalue weighted by atomic mass is 35.5. The van der Waals surface area contributed by atoms with Gasteiger partial charge >= 0.3 is 12.3 Å². The van der Waals surface area contributed by atoms with E-state index in [1.807, 2.05) is 0 Å². The van der Waals surface area contributed by atoms with Crippen LogP contribution in [0.1, 0.15) is 24.8 Å². The van der Waals surface area contributed by atoms with E-state index in [2.05, 4.69) is 20.5 Å². The molecule has 2 aromatic rings. The topological polar surface area (TPSA) is 98.5 Å². The summed E-state index contributed by atoms with van der Waals surface area (Å²) in [4.78, 5) is 14.9. The Balaban J connectivity index is 1.40. The lowest BCUT2D eigenvalue weighted by Crippen LogP contribution is -2.51. The molecule has 32 heavy (non-hydrogen) atoms. The number of halogens is 6. The molecule has 0 unspecified atom stereocenters. The van der Waals surface area contributed by atoms with Crippen LogP contribution in [0.3, 0.4) is 0 Å². The summed E-state index contributed by atoms with van der Waals surface area (Å²) >= 11 is 5.39. The highest BCUT2D eigenvalue weighted by Crippen LogP contribution is 2.26. The van der Waals surface area contributed by atoms with Gasteiger partial charge in [0.15, 0.2) is 15.6 Å². The molecular formula is C17H18ClF5N4O4Si. The SMILES string of the molecule is O=C(COc1cc(F)c(Cl)c(F)c1)N[Si@H]1CC[C@H](c2nnc(OCCC(F)(F)F)o2)NC1. The molecule has 2 atom stereocenters. The standard InChI is InChI=1S/C17H18ClF5N4O4Si/c18-14-10(19)5-9(6-11(14)20)30-7-13(28)27-32-4-1-12(24-8-32)15-25-26-16(31-15)29-3-2-17(21,22)23/h5-6,12,24,32H,1-4,7-8H2,(H,27,28)/t12-,32+/m1/s1.